The Labute approximate surface area is 143 Å². The van der Waals surface area contributed by atoms with Crippen molar-refractivity contribution in [1.29, 1.82) is 0 Å². The molecule has 24 heavy (non-hydrogen) atoms. The van der Waals surface area contributed by atoms with Crippen LogP contribution >= 0.6 is 0 Å². The van der Waals surface area contributed by atoms with Gasteiger partial charge in [0.1, 0.15) is 5.75 Å². The van der Waals surface area contributed by atoms with Crippen molar-refractivity contribution in [1.82, 2.24) is 10.2 Å². The van der Waals surface area contributed by atoms with Crippen LogP contribution in [0.15, 0.2) is 48.5 Å². The molecule has 0 saturated heterocycles. The van der Waals surface area contributed by atoms with E-state index < -0.39 is 0 Å². The number of aryl methyl sites for hydroxylation is 1. The zero-order chi connectivity index (χ0) is 17.5. The second-order valence-corrected chi connectivity index (χ2v) is 5.93. The average Bonchev–Trinajstić information content (AvgIpc) is 2.55. The summed E-state index contributed by atoms with van der Waals surface area (Å²) in [5.41, 5.74) is 2.93. The van der Waals surface area contributed by atoms with Gasteiger partial charge in [0.05, 0.1) is 13.2 Å². The molecule has 0 aliphatic heterocycles. The summed E-state index contributed by atoms with van der Waals surface area (Å²) in [4.78, 5) is 14.2. The van der Waals surface area contributed by atoms with Gasteiger partial charge in [-0.25, -0.2) is 4.79 Å². The predicted molar refractivity (Wildman–Crippen MR) is 97.6 cm³/mol. The fourth-order valence-corrected chi connectivity index (χ4v) is 2.60. The van der Waals surface area contributed by atoms with Crippen molar-refractivity contribution in [3.63, 3.8) is 0 Å². The van der Waals surface area contributed by atoms with E-state index in [1.54, 1.807) is 7.11 Å². The average molecular weight is 327 g/mol. The first-order chi connectivity index (χ1) is 11.5. The first kappa shape index (κ1) is 17.8. The van der Waals surface area contributed by atoms with Gasteiger partial charge in [0, 0.05) is 17.8 Å². The van der Waals surface area contributed by atoms with Gasteiger partial charge in [-0.2, -0.15) is 0 Å². The van der Waals surface area contributed by atoms with Crippen molar-refractivity contribution in [2.45, 2.75) is 13.0 Å². The monoisotopic (exact) mass is 327 g/mol. The Kier molecular flexibility index (Phi) is 6.21. The Morgan fingerprint density at radius 3 is 2.58 bits per heavy atom. The molecule has 2 N–H and O–H groups in total. The molecule has 1 unspecified atom stereocenters. The number of hydrogen-bond acceptors (Lipinski definition) is 3. The standard InChI is InChI=1S/C19H25N3O2/c1-14-8-7-9-15(12-14)21-19(23)20-13-17(22(2)3)16-10-5-6-11-18(16)24-4/h5-12,17H,13H2,1-4H3,(H2,20,21,23). The molecule has 2 aromatic carbocycles. The Bertz CT molecular complexity index is 686. The Balaban J connectivity index is 2.02. The first-order valence-corrected chi connectivity index (χ1v) is 7.92. The number of amides is 2. The molecule has 0 heterocycles. The van der Waals surface area contributed by atoms with E-state index in [9.17, 15) is 4.79 Å². The van der Waals surface area contributed by atoms with Crippen LogP contribution in [0.4, 0.5) is 10.5 Å². The summed E-state index contributed by atoms with van der Waals surface area (Å²) in [7, 11) is 5.62. The summed E-state index contributed by atoms with van der Waals surface area (Å²) in [6, 6.07) is 15.4. The molecule has 0 aliphatic carbocycles. The number of ether oxygens (including phenoxy) is 1. The van der Waals surface area contributed by atoms with E-state index in [0.717, 1.165) is 22.6 Å². The van der Waals surface area contributed by atoms with Crippen molar-refractivity contribution >= 4 is 11.7 Å². The highest BCUT2D eigenvalue weighted by molar-refractivity contribution is 5.89. The third-order valence-corrected chi connectivity index (χ3v) is 3.85. The summed E-state index contributed by atoms with van der Waals surface area (Å²) < 4.78 is 5.44. The third kappa shape index (κ3) is 4.73. The SMILES string of the molecule is COc1ccccc1C(CNC(=O)Nc1cccc(C)c1)N(C)C. The number of benzene rings is 2. The van der Waals surface area contributed by atoms with Gasteiger partial charge in [0.2, 0.25) is 0 Å². The number of likely N-dealkylation sites (N-methyl/N-ethyl adjacent to an activating group) is 1. The van der Waals surface area contributed by atoms with Crippen LogP contribution in [0.5, 0.6) is 5.75 Å². The van der Waals surface area contributed by atoms with Gasteiger partial charge in [-0.05, 0) is 44.8 Å². The molecule has 1 atom stereocenters. The quantitative estimate of drug-likeness (QED) is 0.855. The molecule has 0 aliphatic rings. The molecular formula is C19H25N3O2. The first-order valence-electron chi connectivity index (χ1n) is 7.92. The zero-order valence-electron chi connectivity index (χ0n) is 14.7. The van der Waals surface area contributed by atoms with E-state index in [1.807, 2.05) is 69.6 Å². The lowest BCUT2D eigenvalue weighted by Crippen LogP contribution is -2.37. The molecule has 0 aromatic heterocycles. The highest BCUT2D eigenvalue weighted by Crippen LogP contribution is 2.27. The van der Waals surface area contributed by atoms with Crippen molar-refractivity contribution in [2.24, 2.45) is 0 Å². The summed E-state index contributed by atoms with van der Waals surface area (Å²) in [5, 5.41) is 5.79. The number of carbonyl (C=O) groups excluding carboxylic acids is 1. The van der Waals surface area contributed by atoms with Crippen LogP contribution in [-0.2, 0) is 0 Å². The second-order valence-electron chi connectivity index (χ2n) is 5.93. The van der Waals surface area contributed by atoms with Gasteiger partial charge in [-0.1, -0.05) is 30.3 Å². The fourth-order valence-electron chi connectivity index (χ4n) is 2.60. The normalized spacial score (nSPS) is 11.9. The van der Waals surface area contributed by atoms with Crippen LogP contribution in [0.1, 0.15) is 17.2 Å². The minimum atomic E-state index is -0.220. The number of nitrogens with one attached hydrogen (secondary N) is 2. The molecule has 0 spiro atoms. The Hall–Kier alpha value is -2.53. The van der Waals surface area contributed by atoms with Gasteiger partial charge in [-0.15, -0.1) is 0 Å². The van der Waals surface area contributed by atoms with Crippen LogP contribution < -0.4 is 15.4 Å². The summed E-state index contributed by atoms with van der Waals surface area (Å²) in [5.74, 6) is 0.817. The molecule has 0 saturated carbocycles. The number of anilines is 1. The Morgan fingerprint density at radius 1 is 1.17 bits per heavy atom. The molecule has 2 aromatic rings. The predicted octanol–water partition coefficient (Wildman–Crippen LogP) is 3.43. The number of methoxy groups -OCH3 is 1. The minimum absolute atomic E-state index is 0.0180. The molecule has 2 rings (SSSR count). The maximum absolute atomic E-state index is 12.2. The van der Waals surface area contributed by atoms with E-state index in [2.05, 4.69) is 15.5 Å². The van der Waals surface area contributed by atoms with Crippen LogP contribution in [0, 0.1) is 6.92 Å². The lowest BCUT2D eigenvalue weighted by molar-refractivity contribution is 0.242. The van der Waals surface area contributed by atoms with Crippen LogP contribution in [0.25, 0.3) is 0 Å². The van der Waals surface area contributed by atoms with Crippen molar-refractivity contribution in [3.8, 4) is 5.75 Å². The largest absolute Gasteiger partial charge is 0.496 e. The third-order valence-electron chi connectivity index (χ3n) is 3.85. The molecule has 5 heteroatoms. The van der Waals surface area contributed by atoms with Crippen LogP contribution in [0.2, 0.25) is 0 Å². The van der Waals surface area contributed by atoms with Crippen molar-refractivity contribution in [2.75, 3.05) is 33.1 Å². The van der Waals surface area contributed by atoms with Crippen LogP contribution in [-0.4, -0.2) is 38.7 Å². The van der Waals surface area contributed by atoms with Gasteiger partial charge >= 0.3 is 6.03 Å². The number of para-hydroxylation sites is 1. The number of rotatable bonds is 6. The van der Waals surface area contributed by atoms with Crippen LogP contribution in [0.3, 0.4) is 0 Å². The lowest BCUT2D eigenvalue weighted by Gasteiger charge is -2.26. The molecule has 0 bridgehead atoms. The smallest absolute Gasteiger partial charge is 0.319 e. The van der Waals surface area contributed by atoms with Gasteiger partial charge in [0.15, 0.2) is 0 Å². The number of urea groups is 1. The highest BCUT2D eigenvalue weighted by Gasteiger charge is 2.18. The maximum Gasteiger partial charge on any atom is 0.319 e. The van der Waals surface area contributed by atoms with E-state index >= 15 is 0 Å². The zero-order valence-corrected chi connectivity index (χ0v) is 14.7. The second kappa shape index (κ2) is 8.36. The Morgan fingerprint density at radius 2 is 1.92 bits per heavy atom. The van der Waals surface area contributed by atoms with Gasteiger partial charge in [-0.3, -0.25) is 0 Å². The fraction of sp³-hybridized carbons (Fsp3) is 0.316. The van der Waals surface area contributed by atoms with Gasteiger partial charge in [0.25, 0.3) is 0 Å². The maximum atomic E-state index is 12.2. The van der Waals surface area contributed by atoms with E-state index in [4.69, 9.17) is 4.74 Å². The minimum Gasteiger partial charge on any atom is -0.496 e. The van der Waals surface area contributed by atoms with E-state index in [-0.39, 0.29) is 12.1 Å². The molecule has 0 radical (unpaired) electrons. The summed E-state index contributed by atoms with van der Waals surface area (Å²) >= 11 is 0. The number of hydrogen-bond donors (Lipinski definition) is 2. The van der Waals surface area contributed by atoms with Crippen molar-refractivity contribution in [3.05, 3.63) is 59.7 Å². The lowest BCUT2D eigenvalue weighted by atomic mass is 10.0. The molecule has 128 valence electrons. The number of nitrogens with zero attached hydrogens (tertiary/aromatic N) is 1. The molecule has 0 fully saturated rings. The number of carbonyl (C=O) groups is 1. The van der Waals surface area contributed by atoms with Gasteiger partial charge < -0.3 is 20.3 Å². The molecule has 2 amide bonds. The molecule has 5 nitrogen and oxygen atoms in total. The summed E-state index contributed by atoms with van der Waals surface area (Å²) in [6.07, 6.45) is 0. The van der Waals surface area contributed by atoms with Crippen molar-refractivity contribution < 1.29 is 9.53 Å². The highest BCUT2D eigenvalue weighted by atomic mass is 16.5. The van der Waals surface area contributed by atoms with E-state index in [1.165, 1.54) is 0 Å². The summed E-state index contributed by atoms with van der Waals surface area (Å²) in [6.45, 7) is 2.47. The van der Waals surface area contributed by atoms with E-state index in [0.29, 0.717) is 6.54 Å². The molecular weight excluding hydrogens is 302 g/mol. The topological polar surface area (TPSA) is 53.6 Å².